The van der Waals surface area contributed by atoms with Crippen molar-refractivity contribution in [2.45, 2.75) is 30.9 Å². The lowest BCUT2D eigenvalue weighted by atomic mass is 9.83. The third-order valence-electron chi connectivity index (χ3n) is 4.01. The van der Waals surface area contributed by atoms with E-state index < -0.39 is 5.82 Å². The summed E-state index contributed by atoms with van der Waals surface area (Å²) < 4.78 is 24.3. The molecular formula is C14H20ClFN2O2. The second kappa shape index (κ2) is 6.83. The lowest BCUT2D eigenvalue weighted by molar-refractivity contribution is -0.110. The molecule has 1 aromatic carbocycles. The zero-order chi connectivity index (χ0) is 14.6. The number of benzene rings is 1. The summed E-state index contributed by atoms with van der Waals surface area (Å²) in [6.45, 7) is 1.30. The maximum Gasteiger partial charge on any atom is 0.141 e. The number of ether oxygens (including phenoxy) is 2. The summed E-state index contributed by atoms with van der Waals surface area (Å²) in [6, 6.07) is 4.63. The molecule has 0 saturated carbocycles. The molecule has 1 aliphatic heterocycles. The number of nitrogens with two attached hydrogens (primary N) is 1. The highest BCUT2D eigenvalue weighted by Crippen LogP contribution is 2.30. The summed E-state index contributed by atoms with van der Waals surface area (Å²) >= 11 is 5.82. The van der Waals surface area contributed by atoms with Crippen molar-refractivity contribution in [2.75, 3.05) is 20.3 Å². The summed E-state index contributed by atoms with van der Waals surface area (Å²) in [5.74, 6) is 5.29. The zero-order valence-corrected chi connectivity index (χ0v) is 12.3. The van der Waals surface area contributed by atoms with E-state index in [1.165, 1.54) is 6.07 Å². The second-order valence-corrected chi connectivity index (χ2v) is 5.46. The number of hydrogen-bond donors (Lipinski definition) is 2. The van der Waals surface area contributed by atoms with Crippen molar-refractivity contribution >= 4 is 11.6 Å². The Balaban J connectivity index is 2.16. The third-order valence-corrected chi connectivity index (χ3v) is 4.30. The Hall–Kier alpha value is -0.720. The average molecular weight is 303 g/mol. The minimum absolute atomic E-state index is 0.0853. The predicted molar refractivity (Wildman–Crippen MR) is 76.0 cm³/mol. The van der Waals surface area contributed by atoms with Crippen LogP contribution >= 0.6 is 11.6 Å². The molecule has 1 heterocycles. The maximum absolute atomic E-state index is 13.2. The third kappa shape index (κ3) is 3.30. The molecule has 1 aliphatic rings. The number of halogens is 2. The Bertz CT molecular complexity index is 453. The standard InChI is InChI=1S/C14H20ClFN2O2/c1-19-14(4-6-20-7-5-14)13(18-17)9-10-2-3-12(16)11(15)8-10/h2-3,8,13,18H,4-7,9,17H2,1H3. The minimum Gasteiger partial charge on any atom is -0.381 e. The molecule has 1 saturated heterocycles. The van der Waals surface area contributed by atoms with Gasteiger partial charge in [0.2, 0.25) is 0 Å². The smallest absolute Gasteiger partial charge is 0.141 e. The zero-order valence-electron chi connectivity index (χ0n) is 11.5. The highest BCUT2D eigenvalue weighted by molar-refractivity contribution is 6.30. The number of nitrogens with one attached hydrogen (secondary N) is 1. The molecule has 1 unspecified atom stereocenters. The van der Waals surface area contributed by atoms with Gasteiger partial charge < -0.3 is 9.47 Å². The van der Waals surface area contributed by atoms with Gasteiger partial charge >= 0.3 is 0 Å². The van der Waals surface area contributed by atoms with Crippen molar-refractivity contribution in [3.8, 4) is 0 Å². The molecule has 112 valence electrons. The number of rotatable bonds is 5. The fraction of sp³-hybridized carbons (Fsp3) is 0.571. The van der Waals surface area contributed by atoms with Crippen LogP contribution in [0.2, 0.25) is 5.02 Å². The number of hydrazine groups is 1. The summed E-state index contributed by atoms with van der Waals surface area (Å²) in [5.41, 5.74) is 3.38. The molecule has 0 spiro atoms. The summed E-state index contributed by atoms with van der Waals surface area (Å²) in [4.78, 5) is 0. The van der Waals surface area contributed by atoms with Crippen molar-refractivity contribution in [1.29, 1.82) is 0 Å². The van der Waals surface area contributed by atoms with Crippen LogP contribution in [-0.2, 0) is 15.9 Å². The summed E-state index contributed by atoms with van der Waals surface area (Å²) in [7, 11) is 1.69. The van der Waals surface area contributed by atoms with E-state index in [1.807, 2.05) is 0 Å². The summed E-state index contributed by atoms with van der Waals surface area (Å²) in [5, 5.41) is 0.122. The van der Waals surface area contributed by atoms with Crippen molar-refractivity contribution in [3.05, 3.63) is 34.6 Å². The van der Waals surface area contributed by atoms with Crippen LogP contribution < -0.4 is 11.3 Å². The first kappa shape index (κ1) is 15.7. The topological polar surface area (TPSA) is 56.5 Å². The predicted octanol–water partition coefficient (Wildman–Crippen LogP) is 2.05. The molecule has 1 atom stereocenters. The van der Waals surface area contributed by atoms with Gasteiger partial charge in [0, 0.05) is 33.2 Å². The largest absolute Gasteiger partial charge is 0.381 e. The number of hydrogen-bond acceptors (Lipinski definition) is 4. The van der Waals surface area contributed by atoms with E-state index in [4.69, 9.17) is 26.9 Å². The van der Waals surface area contributed by atoms with Gasteiger partial charge in [-0.2, -0.15) is 0 Å². The van der Waals surface area contributed by atoms with Crippen molar-refractivity contribution < 1.29 is 13.9 Å². The first-order valence-corrected chi connectivity index (χ1v) is 7.02. The molecule has 20 heavy (non-hydrogen) atoms. The van der Waals surface area contributed by atoms with E-state index >= 15 is 0 Å². The first-order chi connectivity index (χ1) is 9.61. The fourth-order valence-electron chi connectivity index (χ4n) is 2.71. The van der Waals surface area contributed by atoms with Crippen molar-refractivity contribution in [1.82, 2.24) is 5.43 Å². The van der Waals surface area contributed by atoms with Gasteiger partial charge in [0.05, 0.1) is 16.7 Å². The second-order valence-electron chi connectivity index (χ2n) is 5.05. The van der Waals surface area contributed by atoms with Crippen LogP contribution in [0, 0.1) is 5.82 Å². The maximum atomic E-state index is 13.2. The van der Waals surface area contributed by atoms with Gasteiger partial charge in [-0.05, 0) is 24.1 Å². The van der Waals surface area contributed by atoms with Crippen LogP contribution in [0.4, 0.5) is 4.39 Å². The quantitative estimate of drug-likeness (QED) is 0.646. The average Bonchev–Trinajstić information content (AvgIpc) is 2.49. The van der Waals surface area contributed by atoms with Gasteiger partial charge in [-0.3, -0.25) is 11.3 Å². The molecular weight excluding hydrogens is 283 g/mol. The molecule has 3 N–H and O–H groups in total. The highest BCUT2D eigenvalue weighted by Gasteiger charge is 2.40. The van der Waals surface area contributed by atoms with E-state index in [9.17, 15) is 4.39 Å². The van der Waals surface area contributed by atoms with E-state index in [2.05, 4.69) is 5.43 Å². The van der Waals surface area contributed by atoms with Crippen molar-refractivity contribution in [3.63, 3.8) is 0 Å². The molecule has 0 aliphatic carbocycles. The van der Waals surface area contributed by atoms with Gasteiger partial charge in [0.25, 0.3) is 0 Å². The van der Waals surface area contributed by atoms with E-state index in [0.29, 0.717) is 19.6 Å². The highest BCUT2D eigenvalue weighted by atomic mass is 35.5. The first-order valence-electron chi connectivity index (χ1n) is 6.64. The van der Waals surface area contributed by atoms with Crippen LogP contribution in [0.25, 0.3) is 0 Å². The Kier molecular flexibility index (Phi) is 5.35. The molecule has 0 radical (unpaired) electrons. The monoisotopic (exact) mass is 302 g/mol. The van der Waals surface area contributed by atoms with E-state index in [1.54, 1.807) is 19.2 Å². The molecule has 0 amide bonds. The Morgan fingerprint density at radius 1 is 1.50 bits per heavy atom. The van der Waals surface area contributed by atoms with Gasteiger partial charge in [0.1, 0.15) is 5.82 Å². The molecule has 0 bridgehead atoms. The molecule has 1 fully saturated rings. The molecule has 1 aromatic rings. The van der Waals surface area contributed by atoms with Gasteiger partial charge in [-0.1, -0.05) is 17.7 Å². The lowest BCUT2D eigenvalue weighted by Gasteiger charge is -2.42. The molecule has 4 nitrogen and oxygen atoms in total. The lowest BCUT2D eigenvalue weighted by Crippen LogP contribution is -2.58. The Morgan fingerprint density at radius 2 is 2.20 bits per heavy atom. The van der Waals surface area contributed by atoms with E-state index in [-0.39, 0.29) is 16.7 Å². The SMILES string of the molecule is COC1(C(Cc2ccc(F)c(Cl)c2)NN)CCOCC1. The van der Waals surface area contributed by atoms with Crippen molar-refractivity contribution in [2.24, 2.45) is 5.84 Å². The Morgan fingerprint density at radius 3 is 2.75 bits per heavy atom. The Labute approximate surface area is 123 Å². The molecule has 6 heteroatoms. The van der Waals surface area contributed by atoms with E-state index in [0.717, 1.165) is 18.4 Å². The normalized spacial score (nSPS) is 19.8. The summed E-state index contributed by atoms with van der Waals surface area (Å²) in [6.07, 6.45) is 2.16. The van der Waals surface area contributed by atoms with Gasteiger partial charge in [-0.25, -0.2) is 4.39 Å². The molecule has 0 aromatic heterocycles. The van der Waals surface area contributed by atoms with Crippen LogP contribution in [0.15, 0.2) is 18.2 Å². The van der Waals surface area contributed by atoms with Crippen LogP contribution in [-0.4, -0.2) is 32.0 Å². The van der Waals surface area contributed by atoms with Crippen LogP contribution in [0.3, 0.4) is 0 Å². The van der Waals surface area contributed by atoms with Crippen LogP contribution in [0.5, 0.6) is 0 Å². The fourth-order valence-corrected chi connectivity index (χ4v) is 2.91. The number of methoxy groups -OCH3 is 1. The van der Waals surface area contributed by atoms with Gasteiger partial charge in [-0.15, -0.1) is 0 Å². The minimum atomic E-state index is -0.416. The van der Waals surface area contributed by atoms with Crippen LogP contribution in [0.1, 0.15) is 18.4 Å². The van der Waals surface area contributed by atoms with Gasteiger partial charge in [0.15, 0.2) is 0 Å². The molecule has 2 rings (SSSR count).